The van der Waals surface area contributed by atoms with E-state index in [0.717, 1.165) is 18.5 Å². The SMILES string of the molecule is C=CCNC(=O)[C@@H](C)Nc1ccc2c3c(cccc13)CC2. The Bertz CT molecular complexity index is 695. The minimum absolute atomic E-state index is 0.0156. The van der Waals surface area contributed by atoms with Gasteiger partial charge in [0.2, 0.25) is 5.91 Å². The third-order valence-corrected chi connectivity index (χ3v) is 4.06. The summed E-state index contributed by atoms with van der Waals surface area (Å²) in [6.45, 7) is 5.98. The fraction of sp³-hybridized carbons (Fsp3) is 0.278. The zero-order valence-corrected chi connectivity index (χ0v) is 12.3. The number of carbonyl (C=O) groups is 1. The molecule has 21 heavy (non-hydrogen) atoms. The predicted molar refractivity (Wildman–Crippen MR) is 87.6 cm³/mol. The Morgan fingerprint density at radius 3 is 2.81 bits per heavy atom. The lowest BCUT2D eigenvalue weighted by molar-refractivity contribution is -0.121. The second kappa shape index (κ2) is 5.60. The average Bonchev–Trinajstić information content (AvgIpc) is 2.92. The van der Waals surface area contributed by atoms with Crippen LogP contribution in [0.4, 0.5) is 5.69 Å². The van der Waals surface area contributed by atoms with Crippen LogP contribution >= 0.6 is 0 Å². The summed E-state index contributed by atoms with van der Waals surface area (Å²) >= 11 is 0. The first-order valence-electron chi connectivity index (χ1n) is 7.39. The molecule has 2 N–H and O–H groups in total. The van der Waals surface area contributed by atoms with Crippen molar-refractivity contribution in [3.8, 4) is 0 Å². The lowest BCUT2D eigenvalue weighted by Crippen LogP contribution is -2.37. The second-order valence-electron chi connectivity index (χ2n) is 5.51. The number of anilines is 1. The van der Waals surface area contributed by atoms with Crippen LogP contribution in [-0.2, 0) is 17.6 Å². The maximum absolute atomic E-state index is 12.0. The molecule has 0 heterocycles. The zero-order chi connectivity index (χ0) is 14.8. The van der Waals surface area contributed by atoms with Crippen LogP contribution in [0.25, 0.3) is 10.8 Å². The average molecular weight is 280 g/mol. The van der Waals surface area contributed by atoms with Gasteiger partial charge in [0, 0.05) is 17.6 Å². The van der Waals surface area contributed by atoms with Crippen LogP contribution in [-0.4, -0.2) is 18.5 Å². The van der Waals surface area contributed by atoms with E-state index >= 15 is 0 Å². The fourth-order valence-electron chi connectivity index (χ4n) is 3.00. The summed E-state index contributed by atoms with van der Waals surface area (Å²) in [6.07, 6.45) is 3.92. The fourth-order valence-corrected chi connectivity index (χ4v) is 3.00. The van der Waals surface area contributed by atoms with E-state index in [0.29, 0.717) is 6.54 Å². The summed E-state index contributed by atoms with van der Waals surface area (Å²) in [5, 5.41) is 8.72. The molecule has 1 atom stereocenters. The monoisotopic (exact) mass is 280 g/mol. The molecule has 1 aliphatic rings. The molecular formula is C18H20N2O. The summed E-state index contributed by atoms with van der Waals surface area (Å²) < 4.78 is 0. The van der Waals surface area contributed by atoms with Gasteiger partial charge in [-0.1, -0.05) is 30.3 Å². The minimum Gasteiger partial charge on any atom is -0.373 e. The molecule has 2 aromatic carbocycles. The largest absolute Gasteiger partial charge is 0.373 e. The number of hydrogen-bond donors (Lipinski definition) is 2. The molecule has 0 bridgehead atoms. The van der Waals surface area contributed by atoms with Crippen molar-refractivity contribution in [1.29, 1.82) is 0 Å². The molecule has 0 saturated carbocycles. The van der Waals surface area contributed by atoms with Gasteiger partial charge < -0.3 is 10.6 Å². The van der Waals surface area contributed by atoms with Gasteiger partial charge in [-0.2, -0.15) is 0 Å². The summed E-state index contributed by atoms with van der Waals surface area (Å²) in [4.78, 5) is 12.0. The Hall–Kier alpha value is -2.29. The van der Waals surface area contributed by atoms with E-state index in [-0.39, 0.29) is 11.9 Å². The van der Waals surface area contributed by atoms with E-state index in [2.05, 4.69) is 47.5 Å². The Kier molecular flexibility index (Phi) is 3.65. The predicted octanol–water partition coefficient (Wildman–Crippen LogP) is 3.04. The molecule has 1 aliphatic carbocycles. The Morgan fingerprint density at radius 2 is 2.05 bits per heavy atom. The summed E-state index contributed by atoms with van der Waals surface area (Å²) in [5.41, 5.74) is 3.85. The number of carbonyl (C=O) groups excluding carboxylic acids is 1. The lowest BCUT2D eigenvalue weighted by atomic mass is 10.0. The first-order valence-corrected chi connectivity index (χ1v) is 7.39. The Balaban J connectivity index is 1.88. The van der Waals surface area contributed by atoms with Gasteiger partial charge in [0.25, 0.3) is 0 Å². The van der Waals surface area contributed by atoms with E-state index in [1.54, 1.807) is 6.08 Å². The highest BCUT2D eigenvalue weighted by Gasteiger charge is 2.18. The van der Waals surface area contributed by atoms with Crippen molar-refractivity contribution in [2.75, 3.05) is 11.9 Å². The second-order valence-corrected chi connectivity index (χ2v) is 5.51. The van der Waals surface area contributed by atoms with Crippen LogP contribution in [0, 0.1) is 0 Å². The number of benzene rings is 2. The first-order chi connectivity index (χ1) is 10.2. The number of rotatable bonds is 5. The van der Waals surface area contributed by atoms with Crippen LogP contribution in [0.3, 0.4) is 0 Å². The maximum Gasteiger partial charge on any atom is 0.242 e. The smallest absolute Gasteiger partial charge is 0.242 e. The van der Waals surface area contributed by atoms with Crippen molar-refractivity contribution < 1.29 is 4.79 Å². The maximum atomic E-state index is 12.0. The number of nitrogens with one attached hydrogen (secondary N) is 2. The highest BCUT2D eigenvalue weighted by Crippen LogP contribution is 2.35. The van der Waals surface area contributed by atoms with Crippen molar-refractivity contribution in [2.24, 2.45) is 0 Å². The lowest BCUT2D eigenvalue weighted by Gasteiger charge is -2.17. The third-order valence-electron chi connectivity index (χ3n) is 4.06. The standard InChI is InChI=1S/C18H20N2O/c1-3-11-19-18(21)12(2)20-16-10-9-14-8-7-13-5-4-6-15(16)17(13)14/h3-6,9-10,12,20H,1,7-8,11H2,2H3,(H,19,21)/t12-/m1/s1. The van der Waals surface area contributed by atoms with E-state index < -0.39 is 0 Å². The van der Waals surface area contributed by atoms with Gasteiger partial charge in [-0.25, -0.2) is 0 Å². The molecule has 0 saturated heterocycles. The molecule has 3 heteroatoms. The van der Waals surface area contributed by atoms with Gasteiger partial charge in [-0.15, -0.1) is 6.58 Å². The Morgan fingerprint density at radius 1 is 1.29 bits per heavy atom. The highest BCUT2D eigenvalue weighted by molar-refractivity contribution is 6.00. The number of hydrogen-bond acceptors (Lipinski definition) is 2. The van der Waals surface area contributed by atoms with Crippen molar-refractivity contribution in [3.63, 3.8) is 0 Å². The van der Waals surface area contributed by atoms with E-state index in [4.69, 9.17) is 0 Å². The molecule has 3 nitrogen and oxygen atoms in total. The van der Waals surface area contributed by atoms with Crippen LogP contribution in [0.5, 0.6) is 0 Å². The summed E-state index contributed by atoms with van der Waals surface area (Å²) in [7, 11) is 0. The van der Waals surface area contributed by atoms with Crippen molar-refractivity contribution in [2.45, 2.75) is 25.8 Å². The molecule has 3 rings (SSSR count). The number of aryl methyl sites for hydroxylation is 2. The minimum atomic E-state index is -0.275. The molecule has 0 unspecified atom stereocenters. The molecule has 2 aromatic rings. The summed E-state index contributed by atoms with van der Waals surface area (Å²) in [6, 6.07) is 10.4. The van der Waals surface area contributed by atoms with Crippen molar-refractivity contribution >= 4 is 22.4 Å². The molecular weight excluding hydrogens is 260 g/mol. The van der Waals surface area contributed by atoms with Gasteiger partial charge in [-0.05, 0) is 42.3 Å². The van der Waals surface area contributed by atoms with E-state index in [1.165, 1.54) is 21.9 Å². The van der Waals surface area contributed by atoms with Crippen LogP contribution in [0.2, 0.25) is 0 Å². The first kappa shape index (κ1) is 13.7. The molecule has 0 aliphatic heterocycles. The summed E-state index contributed by atoms with van der Waals surface area (Å²) in [5.74, 6) is -0.0156. The molecule has 108 valence electrons. The third kappa shape index (κ3) is 2.51. The van der Waals surface area contributed by atoms with Gasteiger partial charge in [0.1, 0.15) is 6.04 Å². The molecule has 0 aromatic heterocycles. The normalized spacial score (nSPS) is 14.0. The van der Waals surface area contributed by atoms with Crippen LogP contribution in [0.15, 0.2) is 43.0 Å². The topological polar surface area (TPSA) is 41.1 Å². The van der Waals surface area contributed by atoms with Gasteiger partial charge in [0.05, 0.1) is 0 Å². The van der Waals surface area contributed by atoms with Crippen molar-refractivity contribution in [3.05, 3.63) is 54.1 Å². The number of amides is 1. The molecule has 0 radical (unpaired) electrons. The Labute approximate surface area is 125 Å². The quantitative estimate of drug-likeness (QED) is 0.827. The van der Waals surface area contributed by atoms with E-state index in [1.807, 2.05) is 6.92 Å². The van der Waals surface area contributed by atoms with Crippen LogP contribution in [0.1, 0.15) is 18.1 Å². The zero-order valence-electron chi connectivity index (χ0n) is 12.3. The molecule has 0 spiro atoms. The van der Waals surface area contributed by atoms with Crippen LogP contribution < -0.4 is 10.6 Å². The highest BCUT2D eigenvalue weighted by atomic mass is 16.2. The van der Waals surface area contributed by atoms with Gasteiger partial charge >= 0.3 is 0 Å². The van der Waals surface area contributed by atoms with Gasteiger partial charge in [-0.3, -0.25) is 4.79 Å². The van der Waals surface area contributed by atoms with Gasteiger partial charge in [0.15, 0.2) is 0 Å². The van der Waals surface area contributed by atoms with Crippen molar-refractivity contribution in [1.82, 2.24) is 5.32 Å². The van der Waals surface area contributed by atoms with E-state index in [9.17, 15) is 4.79 Å². The molecule has 0 fully saturated rings. The molecule has 1 amide bonds.